The molecule has 0 spiro atoms. The second-order valence-corrected chi connectivity index (χ2v) is 3.55. The van der Waals surface area contributed by atoms with E-state index >= 15 is 0 Å². The molecule has 0 aliphatic carbocycles. The molecule has 90 valence electrons. The first-order chi connectivity index (χ1) is 8.13. The lowest BCUT2D eigenvalue weighted by Crippen LogP contribution is -2.37. The molecule has 0 aromatic heterocycles. The SMILES string of the molecule is CCNC(=O)C(=O)N/N=C\c1ccc(Cl)cc1. The minimum atomic E-state index is -0.794. The van der Waals surface area contributed by atoms with Crippen molar-refractivity contribution in [2.75, 3.05) is 6.54 Å². The molecular formula is C11H12ClN3O2. The van der Waals surface area contributed by atoms with Crippen LogP contribution >= 0.6 is 11.6 Å². The summed E-state index contributed by atoms with van der Waals surface area (Å²) in [7, 11) is 0. The Morgan fingerprint density at radius 2 is 1.94 bits per heavy atom. The van der Waals surface area contributed by atoms with Crippen LogP contribution in [0.2, 0.25) is 5.02 Å². The molecule has 5 nitrogen and oxygen atoms in total. The molecule has 1 rings (SSSR count). The van der Waals surface area contributed by atoms with Crippen molar-refractivity contribution < 1.29 is 9.59 Å². The number of carbonyl (C=O) groups is 2. The number of benzene rings is 1. The van der Waals surface area contributed by atoms with Crippen LogP contribution in [0.5, 0.6) is 0 Å². The van der Waals surface area contributed by atoms with Crippen molar-refractivity contribution in [3.63, 3.8) is 0 Å². The molecule has 0 saturated carbocycles. The van der Waals surface area contributed by atoms with Gasteiger partial charge < -0.3 is 5.32 Å². The van der Waals surface area contributed by atoms with E-state index in [1.807, 2.05) is 0 Å². The Hall–Kier alpha value is -1.88. The maximum Gasteiger partial charge on any atom is 0.329 e. The highest BCUT2D eigenvalue weighted by Gasteiger charge is 2.09. The zero-order valence-electron chi connectivity index (χ0n) is 9.24. The third-order valence-corrected chi connectivity index (χ3v) is 2.05. The summed E-state index contributed by atoms with van der Waals surface area (Å²) in [5, 5.41) is 6.62. The number of nitrogens with one attached hydrogen (secondary N) is 2. The summed E-state index contributed by atoms with van der Waals surface area (Å²) in [6.07, 6.45) is 1.42. The molecule has 1 aromatic rings. The Bertz CT molecular complexity index is 429. The fourth-order valence-corrected chi connectivity index (χ4v) is 1.13. The number of hydrazone groups is 1. The van der Waals surface area contributed by atoms with Gasteiger partial charge in [0.15, 0.2) is 0 Å². The standard InChI is InChI=1S/C11H12ClN3O2/c1-2-13-10(16)11(17)15-14-7-8-3-5-9(12)6-4-8/h3-7H,2H2,1H3,(H,13,16)(H,15,17)/b14-7-. The van der Waals surface area contributed by atoms with Crippen LogP contribution in [0.25, 0.3) is 0 Å². The highest BCUT2D eigenvalue weighted by atomic mass is 35.5. The van der Waals surface area contributed by atoms with Gasteiger partial charge in [-0.1, -0.05) is 23.7 Å². The molecule has 0 unspecified atom stereocenters. The lowest BCUT2D eigenvalue weighted by atomic mass is 10.2. The van der Waals surface area contributed by atoms with Gasteiger partial charge in [-0.05, 0) is 24.6 Å². The molecule has 2 amide bonds. The molecule has 6 heteroatoms. The van der Waals surface area contributed by atoms with E-state index in [0.29, 0.717) is 11.6 Å². The highest BCUT2D eigenvalue weighted by molar-refractivity contribution is 6.35. The first kappa shape index (κ1) is 13.2. The normalized spacial score (nSPS) is 10.2. The van der Waals surface area contributed by atoms with Crippen LogP contribution in [-0.2, 0) is 9.59 Å². The van der Waals surface area contributed by atoms with Crippen LogP contribution in [0.3, 0.4) is 0 Å². The molecule has 2 N–H and O–H groups in total. The number of halogens is 1. The molecule has 0 fully saturated rings. The molecule has 0 saturated heterocycles. The zero-order chi connectivity index (χ0) is 12.7. The van der Waals surface area contributed by atoms with E-state index in [0.717, 1.165) is 5.56 Å². The minimum absolute atomic E-state index is 0.396. The van der Waals surface area contributed by atoms with Gasteiger partial charge in [-0.25, -0.2) is 5.43 Å². The van der Waals surface area contributed by atoms with E-state index in [2.05, 4.69) is 15.8 Å². The van der Waals surface area contributed by atoms with Crippen LogP contribution in [0.15, 0.2) is 29.4 Å². The Labute approximate surface area is 104 Å². The molecular weight excluding hydrogens is 242 g/mol. The number of hydrogen-bond acceptors (Lipinski definition) is 3. The summed E-state index contributed by atoms with van der Waals surface area (Å²) >= 11 is 5.71. The quantitative estimate of drug-likeness (QED) is 0.478. The Morgan fingerprint density at radius 3 is 2.53 bits per heavy atom. The van der Waals surface area contributed by atoms with Gasteiger partial charge in [-0.3, -0.25) is 9.59 Å². The molecule has 0 heterocycles. The van der Waals surface area contributed by atoms with Crippen molar-refractivity contribution >= 4 is 29.6 Å². The van der Waals surface area contributed by atoms with Crippen LogP contribution < -0.4 is 10.7 Å². The van der Waals surface area contributed by atoms with Gasteiger partial charge in [0.25, 0.3) is 0 Å². The fraction of sp³-hybridized carbons (Fsp3) is 0.182. The Morgan fingerprint density at radius 1 is 1.29 bits per heavy atom. The lowest BCUT2D eigenvalue weighted by molar-refractivity contribution is -0.139. The Kier molecular flexibility index (Phi) is 5.16. The van der Waals surface area contributed by atoms with Crippen molar-refractivity contribution in [1.29, 1.82) is 0 Å². The van der Waals surface area contributed by atoms with E-state index in [9.17, 15) is 9.59 Å². The second kappa shape index (κ2) is 6.65. The predicted molar refractivity (Wildman–Crippen MR) is 65.9 cm³/mol. The predicted octanol–water partition coefficient (Wildman–Crippen LogP) is 0.926. The summed E-state index contributed by atoms with van der Waals surface area (Å²) in [4.78, 5) is 22.1. The monoisotopic (exact) mass is 253 g/mol. The summed E-state index contributed by atoms with van der Waals surface area (Å²) < 4.78 is 0. The van der Waals surface area contributed by atoms with Gasteiger partial charge in [0.05, 0.1) is 6.21 Å². The van der Waals surface area contributed by atoms with Crippen LogP contribution in [-0.4, -0.2) is 24.6 Å². The smallest absolute Gasteiger partial charge is 0.329 e. The van der Waals surface area contributed by atoms with E-state index in [-0.39, 0.29) is 0 Å². The van der Waals surface area contributed by atoms with Crippen molar-refractivity contribution in [3.8, 4) is 0 Å². The molecule has 0 aliphatic rings. The fourth-order valence-electron chi connectivity index (χ4n) is 1.01. The van der Waals surface area contributed by atoms with Crippen LogP contribution in [0.4, 0.5) is 0 Å². The average Bonchev–Trinajstić information content (AvgIpc) is 2.32. The first-order valence-electron chi connectivity index (χ1n) is 5.00. The van der Waals surface area contributed by atoms with Gasteiger partial charge >= 0.3 is 11.8 Å². The summed E-state index contributed by atoms with van der Waals surface area (Å²) in [5.74, 6) is -1.50. The summed E-state index contributed by atoms with van der Waals surface area (Å²) in [6.45, 7) is 2.12. The third kappa shape index (κ3) is 4.65. The van der Waals surface area contributed by atoms with Crippen molar-refractivity contribution in [1.82, 2.24) is 10.7 Å². The molecule has 0 bridgehead atoms. The van der Waals surface area contributed by atoms with Crippen molar-refractivity contribution in [2.24, 2.45) is 5.10 Å². The van der Waals surface area contributed by atoms with E-state index in [4.69, 9.17) is 11.6 Å². The largest absolute Gasteiger partial charge is 0.348 e. The number of amides is 2. The van der Waals surface area contributed by atoms with E-state index in [1.165, 1.54) is 6.21 Å². The first-order valence-corrected chi connectivity index (χ1v) is 5.38. The number of nitrogens with zero attached hydrogens (tertiary/aromatic N) is 1. The van der Waals surface area contributed by atoms with Crippen LogP contribution in [0.1, 0.15) is 12.5 Å². The maximum absolute atomic E-state index is 11.1. The van der Waals surface area contributed by atoms with Gasteiger partial charge in [0.1, 0.15) is 0 Å². The molecule has 0 atom stereocenters. The van der Waals surface area contributed by atoms with E-state index < -0.39 is 11.8 Å². The van der Waals surface area contributed by atoms with E-state index in [1.54, 1.807) is 31.2 Å². The van der Waals surface area contributed by atoms with Gasteiger partial charge in [-0.15, -0.1) is 0 Å². The molecule has 0 aliphatic heterocycles. The molecule has 1 aromatic carbocycles. The molecule has 17 heavy (non-hydrogen) atoms. The van der Waals surface area contributed by atoms with Crippen LogP contribution in [0, 0.1) is 0 Å². The summed E-state index contributed by atoms with van der Waals surface area (Å²) in [5.41, 5.74) is 2.88. The maximum atomic E-state index is 11.1. The number of likely N-dealkylation sites (N-methyl/N-ethyl adjacent to an activating group) is 1. The Balaban J connectivity index is 2.47. The second-order valence-electron chi connectivity index (χ2n) is 3.11. The van der Waals surface area contributed by atoms with Gasteiger partial charge in [0.2, 0.25) is 0 Å². The number of rotatable bonds is 3. The summed E-state index contributed by atoms with van der Waals surface area (Å²) in [6, 6.07) is 6.89. The third-order valence-electron chi connectivity index (χ3n) is 1.79. The minimum Gasteiger partial charge on any atom is -0.348 e. The van der Waals surface area contributed by atoms with Crippen molar-refractivity contribution in [3.05, 3.63) is 34.9 Å². The number of carbonyl (C=O) groups excluding carboxylic acids is 2. The molecule has 0 radical (unpaired) electrons. The van der Waals surface area contributed by atoms with Crippen molar-refractivity contribution in [2.45, 2.75) is 6.92 Å². The topological polar surface area (TPSA) is 70.6 Å². The lowest BCUT2D eigenvalue weighted by Gasteiger charge is -1.99. The highest BCUT2D eigenvalue weighted by Crippen LogP contribution is 2.07. The zero-order valence-corrected chi connectivity index (χ0v) is 9.99. The van der Waals surface area contributed by atoms with Gasteiger partial charge in [-0.2, -0.15) is 5.10 Å². The van der Waals surface area contributed by atoms with Gasteiger partial charge in [0, 0.05) is 11.6 Å². The average molecular weight is 254 g/mol. The number of hydrogen-bond donors (Lipinski definition) is 2.